The monoisotopic (exact) mass is 589 g/mol. The first-order chi connectivity index (χ1) is 19.8. The molecule has 2 amide bonds. The van der Waals surface area contributed by atoms with Crippen molar-refractivity contribution in [3.05, 3.63) is 114 Å². The summed E-state index contributed by atoms with van der Waals surface area (Å²) < 4.78 is 41.1. The van der Waals surface area contributed by atoms with E-state index in [9.17, 15) is 22.4 Å². The summed E-state index contributed by atoms with van der Waals surface area (Å²) in [6.45, 7) is 5.00. The number of carbonyl (C=O) groups excluding carboxylic acids is 2. The van der Waals surface area contributed by atoms with Gasteiger partial charge in [-0.2, -0.15) is 0 Å². The smallest absolute Gasteiger partial charge is 0.244 e. The number of hydrogen-bond donors (Lipinski definition) is 1. The molecule has 42 heavy (non-hydrogen) atoms. The van der Waals surface area contributed by atoms with Gasteiger partial charge in [0.2, 0.25) is 21.8 Å². The van der Waals surface area contributed by atoms with Crippen molar-refractivity contribution in [2.75, 3.05) is 17.1 Å². The minimum Gasteiger partial charge on any atom is -0.350 e. The van der Waals surface area contributed by atoms with Crippen LogP contribution in [0.5, 0.6) is 0 Å². The Balaban J connectivity index is 1.79. The van der Waals surface area contributed by atoms with Crippen molar-refractivity contribution in [3.8, 4) is 0 Å². The summed E-state index contributed by atoms with van der Waals surface area (Å²) in [6, 6.07) is 26.6. The van der Waals surface area contributed by atoms with Gasteiger partial charge < -0.3 is 10.2 Å². The van der Waals surface area contributed by atoms with Crippen LogP contribution in [0.25, 0.3) is 10.8 Å². The van der Waals surface area contributed by atoms with Gasteiger partial charge in [0.1, 0.15) is 18.4 Å². The maximum atomic E-state index is 14.2. The van der Waals surface area contributed by atoms with Crippen LogP contribution in [0.3, 0.4) is 0 Å². The molecule has 0 aliphatic rings. The number of nitrogens with one attached hydrogen (secondary N) is 1. The number of hydrogen-bond acceptors (Lipinski definition) is 4. The van der Waals surface area contributed by atoms with Gasteiger partial charge in [0.05, 0.1) is 11.9 Å². The number of nitrogens with zero attached hydrogens (tertiary/aromatic N) is 2. The average molecular weight is 590 g/mol. The molecule has 0 bridgehead atoms. The Morgan fingerprint density at radius 3 is 2.10 bits per heavy atom. The number of halogens is 1. The Morgan fingerprint density at radius 1 is 0.833 bits per heavy atom. The van der Waals surface area contributed by atoms with Crippen molar-refractivity contribution in [3.63, 3.8) is 0 Å². The number of carbonyl (C=O) groups is 2. The molecule has 0 heterocycles. The standard InChI is InChI=1S/C33H36FN3O4S/c1-33(2,3)35-32(39)30(21-24-11-6-5-7-12-24)36(22-25-17-19-27(34)20-18-25)31(38)23-37(42(4,40)41)29-16-10-14-26-13-8-9-15-28(26)29/h5-20,30H,21-23H2,1-4H3,(H,35,39)/t30-/m1/s1. The summed E-state index contributed by atoms with van der Waals surface area (Å²) in [7, 11) is -3.91. The molecule has 7 nitrogen and oxygen atoms in total. The first-order valence-corrected chi connectivity index (χ1v) is 15.5. The highest BCUT2D eigenvalue weighted by molar-refractivity contribution is 7.92. The molecule has 0 spiro atoms. The van der Waals surface area contributed by atoms with Crippen LogP contribution >= 0.6 is 0 Å². The molecule has 0 radical (unpaired) electrons. The van der Waals surface area contributed by atoms with E-state index in [1.54, 1.807) is 30.3 Å². The lowest BCUT2D eigenvalue weighted by Gasteiger charge is -2.35. The van der Waals surface area contributed by atoms with Crippen LogP contribution in [0.4, 0.5) is 10.1 Å². The zero-order valence-electron chi connectivity index (χ0n) is 24.2. The van der Waals surface area contributed by atoms with Crippen molar-refractivity contribution in [1.29, 1.82) is 0 Å². The third kappa shape index (κ3) is 7.94. The fraction of sp³-hybridized carbons (Fsp3) is 0.273. The summed E-state index contributed by atoms with van der Waals surface area (Å²) in [6.07, 6.45) is 1.25. The summed E-state index contributed by atoms with van der Waals surface area (Å²) >= 11 is 0. The minimum absolute atomic E-state index is 0.0265. The van der Waals surface area contributed by atoms with E-state index in [4.69, 9.17) is 0 Å². The molecule has 4 aromatic rings. The van der Waals surface area contributed by atoms with Crippen LogP contribution in [-0.2, 0) is 32.6 Å². The van der Waals surface area contributed by atoms with Crippen molar-refractivity contribution in [1.82, 2.24) is 10.2 Å². The van der Waals surface area contributed by atoms with E-state index in [2.05, 4.69) is 5.32 Å². The summed E-state index contributed by atoms with van der Waals surface area (Å²) in [5.74, 6) is -1.37. The van der Waals surface area contributed by atoms with E-state index < -0.39 is 39.9 Å². The lowest BCUT2D eigenvalue weighted by Crippen LogP contribution is -2.56. The van der Waals surface area contributed by atoms with Gasteiger partial charge in [-0.1, -0.05) is 78.9 Å². The lowest BCUT2D eigenvalue weighted by molar-refractivity contribution is -0.140. The van der Waals surface area contributed by atoms with E-state index in [1.165, 1.54) is 17.0 Å². The number of fused-ring (bicyclic) bond motifs is 1. The molecule has 4 aromatic carbocycles. The summed E-state index contributed by atoms with van der Waals surface area (Å²) in [5, 5.41) is 4.48. The largest absolute Gasteiger partial charge is 0.350 e. The lowest BCUT2D eigenvalue weighted by atomic mass is 10.0. The molecule has 0 fully saturated rings. The van der Waals surface area contributed by atoms with E-state index in [0.717, 1.165) is 21.5 Å². The highest BCUT2D eigenvalue weighted by atomic mass is 32.2. The Hall–Kier alpha value is -4.24. The van der Waals surface area contributed by atoms with Crippen LogP contribution in [0.2, 0.25) is 0 Å². The van der Waals surface area contributed by atoms with E-state index in [0.29, 0.717) is 16.6 Å². The van der Waals surface area contributed by atoms with Crippen LogP contribution in [0, 0.1) is 5.82 Å². The van der Waals surface area contributed by atoms with Crippen LogP contribution in [0.1, 0.15) is 31.9 Å². The normalized spacial score (nSPS) is 12.5. The van der Waals surface area contributed by atoms with Crippen molar-refractivity contribution in [2.45, 2.75) is 45.3 Å². The van der Waals surface area contributed by atoms with Crippen LogP contribution < -0.4 is 9.62 Å². The highest BCUT2D eigenvalue weighted by Crippen LogP contribution is 2.29. The predicted octanol–water partition coefficient (Wildman–Crippen LogP) is 5.30. The average Bonchev–Trinajstić information content (AvgIpc) is 2.93. The number of sulfonamides is 1. The van der Waals surface area contributed by atoms with Gasteiger partial charge in [-0.05, 0) is 55.5 Å². The van der Waals surface area contributed by atoms with Gasteiger partial charge in [-0.3, -0.25) is 13.9 Å². The Bertz CT molecular complexity index is 1650. The molecule has 0 unspecified atom stereocenters. The number of rotatable bonds is 10. The molecule has 220 valence electrons. The van der Waals surface area contributed by atoms with Crippen LogP contribution in [-0.4, -0.2) is 49.5 Å². The molecular weight excluding hydrogens is 553 g/mol. The molecule has 9 heteroatoms. The second-order valence-corrected chi connectivity index (χ2v) is 13.3. The van der Waals surface area contributed by atoms with E-state index >= 15 is 0 Å². The van der Waals surface area contributed by atoms with Gasteiger partial charge in [0.15, 0.2) is 0 Å². The SMILES string of the molecule is CC(C)(C)NC(=O)[C@@H](Cc1ccccc1)N(Cc1ccc(F)cc1)C(=O)CN(c1cccc2ccccc12)S(C)(=O)=O. The Labute approximate surface area is 247 Å². The molecule has 0 aliphatic heterocycles. The summed E-state index contributed by atoms with van der Waals surface area (Å²) in [5.41, 5.74) is 1.21. The van der Waals surface area contributed by atoms with E-state index in [1.807, 2.05) is 75.4 Å². The number of anilines is 1. The molecule has 0 saturated carbocycles. The van der Waals surface area contributed by atoms with Gasteiger partial charge in [-0.15, -0.1) is 0 Å². The third-order valence-electron chi connectivity index (χ3n) is 6.75. The van der Waals surface area contributed by atoms with Gasteiger partial charge in [0.25, 0.3) is 0 Å². The van der Waals surface area contributed by atoms with Crippen molar-refractivity contribution >= 4 is 38.3 Å². The Kier molecular flexibility index (Phi) is 9.31. The minimum atomic E-state index is -3.91. The maximum absolute atomic E-state index is 14.2. The predicted molar refractivity (Wildman–Crippen MR) is 165 cm³/mol. The first-order valence-electron chi connectivity index (χ1n) is 13.7. The second kappa shape index (κ2) is 12.7. The van der Waals surface area contributed by atoms with Gasteiger partial charge in [-0.25, -0.2) is 12.8 Å². The Morgan fingerprint density at radius 2 is 1.45 bits per heavy atom. The molecule has 0 aromatic heterocycles. The maximum Gasteiger partial charge on any atom is 0.244 e. The highest BCUT2D eigenvalue weighted by Gasteiger charge is 2.34. The molecule has 0 aliphatic carbocycles. The van der Waals surface area contributed by atoms with Gasteiger partial charge >= 0.3 is 0 Å². The molecule has 1 N–H and O–H groups in total. The first kappa shape index (κ1) is 30.7. The number of benzene rings is 4. The van der Waals surface area contributed by atoms with Crippen molar-refractivity contribution < 1.29 is 22.4 Å². The zero-order chi connectivity index (χ0) is 30.5. The molecule has 1 atom stereocenters. The molecular formula is C33H36FN3O4S. The second-order valence-electron chi connectivity index (χ2n) is 11.4. The summed E-state index contributed by atoms with van der Waals surface area (Å²) in [4.78, 5) is 29.4. The molecule has 0 saturated heterocycles. The van der Waals surface area contributed by atoms with Crippen LogP contribution in [0.15, 0.2) is 97.1 Å². The van der Waals surface area contributed by atoms with E-state index in [-0.39, 0.29) is 18.9 Å². The van der Waals surface area contributed by atoms with Gasteiger partial charge in [0, 0.05) is 23.9 Å². The fourth-order valence-corrected chi connectivity index (χ4v) is 5.68. The number of amides is 2. The van der Waals surface area contributed by atoms with Crippen molar-refractivity contribution in [2.24, 2.45) is 0 Å². The third-order valence-corrected chi connectivity index (χ3v) is 7.88. The zero-order valence-corrected chi connectivity index (χ0v) is 25.1. The molecule has 4 rings (SSSR count). The quantitative estimate of drug-likeness (QED) is 0.272. The fourth-order valence-electron chi connectivity index (χ4n) is 4.81. The topological polar surface area (TPSA) is 86.8 Å².